The summed E-state index contributed by atoms with van der Waals surface area (Å²) >= 11 is 8.35. The summed E-state index contributed by atoms with van der Waals surface area (Å²) in [5.41, 5.74) is 5.48. The van der Waals surface area contributed by atoms with Gasteiger partial charge in [-0.05, 0) is 84.5 Å². The maximum Gasteiger partial charge on any atom is 0.338 e. The highest BCUT2D eigenvalue weighted by Crippen LogP contribution is 2.25. The number of hydrazine groups is 1. The van der Waals surface area contributed by atoms with Crippen LogP contribution in [0, 0.1) is 0 Å². The van der Waals surface area contributed by atoms with Gasteiger partial charge in [0.2, 0.25) is 0 Å². The maximum atomic E-state index is 12.3. The van der Waals surface area contributed by atoms with Crippen LogP contribution in [0.4, 0.5) is 0 Å². The SMILES string of the molecule is CCOC(=O)c1ccc(OCC(=O)NNC(=S)NC(=O)c2ccc(OCC)c(Br)c2)cc1. The minimum atomic E-state index is -0.528. The van der Waals surface area contributed by atoms with Crippen molar-refractivity contribution in [3.05, 3.63) is 58.1 Å². The average molecular weight is 524 g/mol. The summed E-state index contributed by atoms with van der Waals surface area (Å²) in [6.45, 7) is 4.05. The lowest BCUT2D eigenvalue weighted by molar-refractivity contribution is -0.123. The van der Waals surface area contributed by atoms with E-state index in [1.165, 1.54) is 12.1 Å². The second-order valence-corrected chi connectivity index (χ2v) is 7.33. The lowest BCUT2D eigenvalue weighted by Crippen LogP contribution is -2.49. The fourth-order valence-electron chi connectivity index (χ4n) is 2.33. The van der Waals surface area contributed by atoms with Crippen LogP contribution in [0.25, 0.3) is 0 Å². The Morgan fingerprint density at radius 2 is 1.62 bits per heavy atom. The van der Waals surface area contributed by atoms with Crippen LogP contribution in [0.5, 0.6) is 11.5 Å². The van der Waals surface area contributed by atoms with Crippen molar-refractivity contribution < 1.29 is 28.6 Å². The summed E-state index contributed by atoms with van der Waals surface area (Å²) in [4.78, 5) is 35.8. The highest BCUT2D eigenvalue weighted by atomic mass is 79.9. The molecule has 0 fully saturated rings. The van der Waals surface area contributed by atoms with Crippen LogP contribution in [0.1, 0.15) is 34.6 Å². The van der Waals surface area contributed by atoms with Crippen molar-refractivity contribution in [2.45, 2.75) is 13.8 Å². The molecule has 2 aromatic carbocycles. The van der Waals surface area contributed by atoms with Crippen LogP contribution in [-0.4, -0.2) is 42.7 Å². The van der Waals surface area contributed by atoms with Crippen LogP contribution >= 0.6 is 28.1 Å². The molecule has 0 aliphatic heterocycles. The number of thiocarbonyl (C=S) groups is 1. The second-order valence-electron chi connectivity index (χ2n) is 6.07. The van der Waals surface area contributed by atoms with Crippen LogP contribution in [0.3, 0.4) is 0 Å². The third kappa shape index (κ3) is 7.82. The van der Waals surface area contributed by atoms with Crippen molar-refractivity contribution in [1.82, 2.24) is 16.2 Å². The first kappa shape index (κ1) is 25.1. The number of hydrogen-bond acceptors (Lipinski definition) is 7. The summed E-state index contributed by atoms with van der Waals surface area (Å²) in [7, 11) is 0. The van der Waals surface area contributed by atoms with Gasteiger partial charge in [0, 0.05) is 5.56 Å². The van der Waals surface area contributed by atoms with Gasteiger partial charge in [0.25, 0.3) is 11.8 Å². The number of rotatable bonds is 8. The van der Waals surface area contributed by atoms with Crippen molar-refractivity contribution in [3.8, 4) is 11.5 Å². The first-order valence-electron chi connectivity index (χ1n) is 9.56. The van der Waals surface area contributed by atoms with Gasteiger partial charge in [-0.15, -0.1) is 0 Å². The van der Waals surface area contributed by atoms with Gasteiger partial charge in [0.1, 0.15) is 11.5 Å². The number of carbonyl (C=O) groups is 3. The molecule has 0 bridgehead atoms. The fraction of sp³-hybridized carbons (Fsp3) is 0.238. The molecule has 0 aliphatic rings. The highest BCUT2D eigenvalue weighted by molar-refractivity contribution is 9.10. The van der Waals surface area contributed by atoms with Gasteiger partial charge in [0.05, 0.1) is 23.2 Å². The zero-order valence-electron chi connectivity index (χ0n) is 17.4. The average Bonchev–Trinajstić information content (AvgIpc) is 2.78. The first-order chi connectivity index (χ1) is 15.3. The molecule has 0 spiro atoms. The number of halogens is 1. The molecule has 0 aromatic heterocycles. The van der Waals surface area contributed by atoms with Gasteiger partial charge in [-0.25, -0.2) is 4.79 Å². The molecule has 0 unspecified atom stereocenters. The molecular formula is C21H22BrN3O6S. The Labute approximate surface area is 198 Å². The van der Waals surface area contributed by atoms with Gasteiger partial charge in [-0.1, -0.05) is 0 Å². The van der Waals surface area contributed by atoms with E-state index in [-0.39, 0.29) is 18.3 Å². The smallest absolute Gasteiger partial charge is 0.338 e. The molecule has 0 aliphatic carbocycles. The van der Waals surface area contributed by atoms with Gasteiger partial charge >= 0.3 is 5.97 Å². The molecule has 0 atom stereocenters. The molecule has 170 valence electrons. The Morgan fingerprint density at radius 1 is 0.938 bits per heavy atom. The Morgan fingerprint density at radius 3 is 2.25 bits per heavy atom. The number of nitrogens with one attached hydrogen (secondary N) is 3. The zero-order valence-corrected chi connectivity index (χ0v) is 19.8. The van der Waals surface area contributed by atoms with E-state index in [0.29, 0.717) is 33.7 Å². The summed E-state index contributed by atoms with van der Waals surface area (Å²) in [6.07, 6.45) is 0. The number of esters is 1. The van der Waals surface area contributed by atoms with Crippen LogP contribution in [0.15, 0.2) is 46.9 Å². The molecule has 11 heteroatoms. The summed E-state index contributed by atoms with van der Waals surface area (Å²) in [6, 6.07) is 11.0. The standard InChI is InChI=1S/C21H22BrN3O6S/c1-3-29-17-10-7-14(11-16(17)22)19(27)23-21(32)25-24-18(26)12-31-15-8-5-13(6-9-15)20(28)30-4-2/h5-11H,3-4,12H2,1-2H3,(H,24,26)(H2,23,25,27,32). The third-order valence-corrected chi connectivity index (χ3v) is 4.60. The highest BCUT2D eigenvalue weighted by Gasteiger charge is 2.12. The molecule has 0 saturated heterocycles. The topological polar surface area (TPSA) is 115 Å². The van der Waals surface area contributed by atoms with E-state index < -0.39 is 17.8 Å². The molecule has 0 heterocycles. The molecular weight excluding hydrogens is 502 g/mol. The molecule has 0 saturated carbocycles. The number of ether oxygens (including phenoxy) is 3. The molecule has 2 rings (SSSR count). The van der Waals surface area contributed by atoms with E-state index in [1.807, 2.05) is 6.92 Å². The predicted molar refractivity (Wildman–Crippen MR) is 125 cm³/mol. The van der Waals surface area contributed by atoms with Crippen molar-refractivity contribution in [3.63, 3.8) is 0 Å². The Balaban J connectivity index is 1.75. The van der Waals surface area contributed by atoms with E-state index in [4.69, 9.17) is 26.4 Å². The summed E-state index contributed by atoms with van der Waals surface area (Å²) in [5.74, 6) is -0.412. The minimum Gasteiger partial charge on any atom is -0.493 e. The van der Waals surface area contributed by atoms with E-state index in [1.54, 1.807) is 37.3 Å². The first-order valence-corrected chi connectivity index (χ1v) is 10.8. The summed E-state index contributed by atoms with van der Waals surface area (Å²) < 4.78 is 16.3. The normalized spacial score (nSPS) is 9.97. The summed E-state index contributed by atoms with van der Waals surface area (Å²) in [5, 5.41) is 2.36. The van der Waals surface area contributed by atoms with Crippen LogP contribution in [-0.2, 0) is 9.53 Å². The van der Waals surface area contributed by atoms with E-state index in [9.17, 15) is 14.4 Å². The zero-order chi connectivity index (χ0) is 23.5. The lowest BCUT2D eigenvalue weighted by atomic mass is 10.2. The monoisotopic (exact) mass is 523 g/mol. The van der Waals surface area contributed by atoms with Gasteiger partial charge in [-0.3, -0.25) is 25.8 Å². The van der Waals surface area contributed by atoms with E-state index >= 15 is 0 Å². The number of benzene rings is 2. The number of amides is 2. The molecule has 2 aromatic rings. The Hall–Kier alpha value is -3.18. The van der Waals surface area contributed by atoms with Crippen LogP contribution in [0.2, 0.25) is 0 Å². The minimum absolute atomic E-state index is 0.0906. The maximum absolute atomic E-state index is 12.3. The largest absolute Gasteiger partial charge is 0.493 e. The molecule has 2 amide bonds. The molecule has 3 N–H and O–H groups in total. The van der Waals surface area contributed by atoms with Crippen molar-refractivity contribution in [2.75, 3.05) is 19.8 Å². The van der Waals surface area contributed by atoms with Crippen molar-refractivity contribution in [2.24, 2.45) is 0 Å². The quantitative estimate of drug-likeness (QED) is 0.275. The van der Waals surface area contributed by atoms with E-state index in [0.717, 1.165) is 0 Å². The van der Waals surface area contributed by atoms with E-state index in [2.05, 4.69) is 32.1 Å². The van der Waals surface area contributed by atoms with Crippen LogP contribution < -0.4 is 25.6 Å². The molecule has 9 nitrogen and oxygen atoms in total. The second kappa shape index (κ2) is 12.6. The van der Waals surface area contributed by atoms with Gasteiger partial charge < -0.3 is 14.2 Å². The molecule has 0 radical (unpaired) electrons. The van der Waals surface area contributed by atoms with Crippen molar-refractivity contribution >= 4 is 51.0 Å². The van der Waals surface area contributed by atoms with Crippen molar-refractivity contribution in [1.29, 1.82) is 0 Å². The van der Waals surface area contributed by atoms with Gasteiger partial charge in [-0.2, -0.15) is 0 Å². The Kier molecular flexibility index (Phi) is 9.89. The van der Waals surface area contributed by atoms with Gasteiger partial charge in [0.15, 0.2) is 11.7 Å². The molecule has 32 heavy (non-hydrogen) atoms. The Bertz CT molecular complexity index is 984. The third-order valence-electron chi connectivity index (χ3n) is 3.77. The lowest BCUT2D eigenvalue weighted by Gasteiger charge is -2.12. The number of carbonyl (C=O) groups excluding carboxylic acids is 3. The predicted octanol–water partition coefficient (Wildman–Crippen LogP) is 2.74. The number of hydrogen-bond donors (Lipinski definition) is 3. The fourth-order valence-corrected chi connectivity index (χ4v) is 2.97.